The minimum atomic E-state index is 0.315. The number of carbonyl (C=O) groups is 1. The quantitative estimate of drug-likeness (QED) is 0.806. The van der Waals surface area contributed by atoms with E-state index in [9.17, 15) is 4.79 Å². The minimum Gasteiger partial charge on any atom is -0.341 e. The van der Waals surface area contributed by atoms with Crippen molar-refractivity contribution in [1.82, 2.24) is 19.6 Å². The average Bonchev–Trinajstić information content (AvgIpc) is 3.13. The minimum absolute atomic E-state index is 0.315. The molecule has 0 atom stereocenters. The molecule has 0 bridgehead atoms. The molecule has 26 heavy (non-hydrogen) atoms. The van der Waals surface area contributed by atoms with Crippen molar-refractivity contribution in [3.8, 4) is 0 Å². The standard InChI is InChI=1S/C21H36N4O/c1-16(2)18-5-10-23(11-6-18)15-21(26)24-12-7-19(8-13-24)25-14-9-20(22-25)17(3)4/h9,14,16-19H,5-8,10-13,15H2,1-4H3. The largest absolute Gasteiger partial charge is 0.341 e. The molecule has 2 fully saturated rings. The van der Waals surface area contributed by atoms with E-state index < -0.39 is 0 Å². The van der Waals surface area contributed by atoms with Gasteiger partial charge in [0, 0.05) is 19.3 Å². The number of piperidine rings is 2. The molecule has 0 spiro atoms. The first-order valence-electron chi connectivity index (χ1n) is 10.5. The van der Waals surface area contributed by atoms with Crippen molar-refractivity contribution in [2.24, 2.45) is 11.8 Å². The van der Waals surface area contributed by atoms with Gasteiger partial charge in [0.05, 0.1) is 18.3 Å². The Labute approximate surface area is 158 Å². The fourth-order valence-electron chi connectivity index (χ4n) is 4.31. The topological polar surface area (TPSA) is 41.4 Å². The molecule has 0 aromatic carbocycles. The van der Waals surface area contributed by atoms with Gasteiger partial charge in [-0.25, -0.2) is 0 Å². The van der Waals surface area contributed by atoms with Gasteiger partial charge in [0.25, 0.3) is 0 Å². The maximum Gasteiger partial charge on any atom is 0.236 e. The van der Waals surface area contributed by atoms with E-state index in [-0.39, 0.29) is 0 Å². The molecular formula is C21H36N4O. The number of carbonyl (C=O) groups excluding carboxylic acids is 1. The van der Waals surface area contributed by atoms with Crippen LogP contribution in [0.4, 0.5) is 0 Å². The maximum atomic E-state index is 12.7. The second-order valence-corrected chi connectivity index (χ2v) is 8.84. The van der Waals surface area contributed by atoms with Crippen LogP contribution in [-0.4, -0.2) is 58.2 Å². The van der Waals surface area contributed by atoms with Crippen LogP contribution in [0.3, 0.4) is 0 Å². The van der Waals surface area contributed by atoms with Crippen LogP contribution in [-0.2, 0) is 4.79 Å². The van der Waals surface area contributed by atoms with Crippen molar-refractivity contribution in [3.05, 3.63) is 18.0 Å². The number of amides is 1. The number of likely N-dealkylation sites (tertiary alicyclic amines) is 2. The molecule has 0 aliphatic carbocycles. The summed E-state index contributed by atoms with van der Waals surface area (Å²) < 4.78 is 2.12. The zero-order valence-corrected chi connectivity index (χ0v) is 17.0. The first kappa shape index (κ1) is 19.4. The first-order chi connectivity index (χ1) is 12.4. The fraction of sp³-hybridized carbons (Fsp3) is 0.810. The summed E-state index contributed by atoms with van der Waals surface area (Å²) in [6.07, 6.45) is 6.62. The summed E-state index contributed by atoms with van der Waals surface area (Å²) >= 11 is 0. The molecule has 5 nitrogen and oxygen atoms in total. The van der Waals surface area contributed by atoms with E-state index in [1.807, 2.05) is 0 Å². The summed E-state index contributed by atoms with van der Waals surface area (Å²) in [5.41, 5.74) is 1.16. The van der Waals surface area contributed by atoms with Gasteiger partial charge in [-0.1, -0.05) is 27.7 Å². The van der Waals surface area contributed by atoms with Crippen LogP contribution in [0.1, 0.15) is 71.0 Å². The van der Waals surface area contributed by atoms with E-state index in [2.05, 4.69) is 54.4 Å². The van der Waals surface area contributed by atoms with Gasteiger partial charge in [-0.15, -0.1) is 0 Å². The van der Waals surface area contributed by atoms with E-state index in [4.69, 9.17) is 5.10 Å². The van der Waals surface area contributed by atoms with Gasteiger partial charge in [-0.3, -0.25) is 14.4 Å². The van der Waals surface area contributed by atoms with Crippen molar-refractivity contribution in [3.63, 3.8) is 0 Å². The number of hydrogen-bond donors (Lipinski definition) is 0. The summed E-state index contributed by atoms with van der Waals surface area (Å²) in [6, 6.07) is 2.57. The highest BCUT2D eigenvalue weighted by molar-refractivity contribution is 5.78. The van der Waals surface area contributed by atoms with Gasteiger partial charge >= 0.3 is 0 Å². The Kier molecular flexibility index (Phi) is 6.38. The Bertz CT molecular complexity index is 579. The van der Waals surface area contributed by atoms with Crippen LogP contribution in [0.2, 0.25) is 0 Å². The van der Waals surface area contributed by atoms with Crippen molar-refractivity contribution in [2.45, 2.75) is 65.3 Å². The third-order valence-electron chi connectivity index (χ3n) is 6.35. The van der Waals surface area contributed by atoms with Crippen LogP contribution in [0.25, 0.3) is 0 Å². The molecule has 0 unspecified atom stereocenters. The third kappa shape index (κ3) is 4.67. The number of aromatic nitrogens is 2. The van der Waals surface area contributed by atoms with Crippen molar-refractivity contribution in [2.75, 3.05) is 32.7 Å². The normalized spacial score (nSPS) is 21.1. The lowest BCUT2D eigenvalue weighted by atomic mass is 9.87. The summed E-state index contributed by atoms with van der Waals surface area (Å²) in [5, 5.41) is 4.72. The molecule has 1 aromatic heterocycles. The van der Waals surface area contributed by atoms with Crippen molar-refractivity contribution >= 4 is 5.91 Å². The van der Waals surface area contributed by atoms with Gasteiger partial charge in [0.1, 0.15) is 0 Å². The summed E-state index contributed by atoms with van der Waals surface area (Å²) in [5.74, 6) is 2.39. The Balaban J connectivity index is 1.43. The predicted molar refractivity (Wildman–Crippen MR) is 105 cm³/mol. The highest BCUT2D eigenvalue weighted by atomic mass is 16.2. The highest BCUT2D eigenvalue weighted by Gasteiger charge is 2.27. The molecule has 1 amide bonds. The predicted octanol–water partition coefficient (Wildman–Crippen LogP) is 3.54. The van der Waals surface area contributed by atoms with Crippen LogP contribution in [0.15, 0.2) is 12.3 Å². The monoisotopic (exact) mass is 360 g/mol. The van der Waals surface area contributed by atoms with E-state index in [1.54, 1.807) is 0 Å². The second kappa shape index (κ2) is 8.55. The summed E-state index contributed by atoms with van der Waals surface area (Å²) in [4.78, 5) is 17.1. The van der Waals surface area contributed by atoms with Crippen molar-refractivity contribution in [1.29, 1.82) is 0 Å². The van der Waals surface area contributed by atoms with Crippen LogP contribution in [0, 0.1) is 11.8 Å². The zero-order chi connectivity index (χ0) is 18.7. The average molecular weight is 361 g/mol. The Morgan fingerprint density at radius 1 is 1.08 bits per heavy atom. The van der Waals surface area contributed by atoms with E-state index >= 15 is 0 Å². The third-order valence-corrected chi connectivity index (χ3v) is 6.35. The number of rotatable bonds is 5. The molecule has 2 aliphatic rings. The van der Waals surface area contributed by atoms with E-state index in [0.717, 1.165) is 56.6 Å². The van der Waals surface area contributed by atoms with Crippen LogP contribution < -0.4 is 0 Å². The Hall–Kier alpha value is -1.36. The summed E-state index contributed by atoms with van der Waals surface area (Å²) in [6.45, 7) is 13.5. The number of nitrogens with zero attached hydrogens (tertiary/aromatic N) is 4. The summed E-state index contributed by atoms with van der Waals surface area (Å²) in [7, 11) is 0. The lowest BCUT2D eigenvalue weighted by Crippen LogP contribution is -2.46. The van der Waals surface area contributed by atoms with Gasteiger partial charge in [-0.2, -0.15) is 5.10 Å². The van der Waals surface area contributed by atoms with Crippen molar-refractivity contribution < 1.29 is 4.79 Å². The molecule has 0 saturated carbocycles. The lowest BCUT2D eigenvalue weighted by molar-refractivity contribution is -0.134. The smallest absolute Gasteiger partial charge is 0.236 e. The van der Waals surface area contributed by atoms with Crippen LogP contribution in [0.5, 0.6) is 0 Å². The number of hydrogen-bond acceptors (Lipinski definition) is 3. The maximum absolute atomic E-state index is 12.7. The zero-order valence-electron chi connectivity index (χ0n) is 17.0. The van der Waals surface area contributed by atoms with Crippen LogP contribution >= 0.6 is 0 Å². The van der Waals surface area contributed by atoms with Gasteiger partial charge < -0.3 is 4.90 Å². The molecule has 0 N–H and O–H groups in total. The van der Waals surface area contributed by atoms with E-state index in [1.165, 1.54) is 12.8 Å². The van der Waals surface area contributed by atoms with Gasteiger partial charge in [-0.05, 0) is 62.6 Å². The molecule has 0 radical (unpaired) electrons. The Morgan fingerprint density at radius 2 is 1.73 bits per heavy atom. The lowest BCUT2D eigenvalue weighted by Gasteiger charge is -2.36. The fourth-order valence-corrected chi connectivity index (χ4v) is 4.31. The highest BCUT2D eigenvalue weighted by Crippen LogP contribution is 2.26. The van der Waals surface area contributed by atoms with Gasteiger partial charge in [0.15, 0.2) is 0 Å². The Morgan fingerprint density at radius 3 is 2.27 bits per heavy atom. The molecular weight excluding hydrogens is 324 g/mol. The second-order valence-electron chi connectivity index (χ2n) is 8.84. The molecule has 5 heteroatoms. The molecule has 3 heterocycles. The molecule has 1 aromatic rings. The molecule has 3 rings (SSSR count). The SMILES string of the molecule is CC(C)c1ccn(C2CCN(C(=O)CN3CCC(C(C)C)CC3)CC2)n1. The van der Waals surface area contributed by atoms with Gasteiger partial charge in [0.2, 0.25) is 5.91 Å². The first-order valence-corrected chi connectivity index (χ1v) is 10.5. The molecule has 2 aliphatic heterocycles. The molecule has 146 valence electrons. The molecule has 2 saturated heterocycles. The van der Waals surface area contributed by atoms with E-state index in [0.29, 0.717) is 24.4 Å².